The van der Waals surface area contributed by atoms with Gasteiger partial charge in [-0.2, -0.15) is 5.10 Å². The van der Waals surface area contributed by atoms with Crippen molar-refractivity contribution in [3.63, 3.8) is 0 Å². The fourth-order valence-electron chi connectivity index (χ4n) is 3.03. The SMILES string of the molecule is Cc1ccc(F)c(-c2cc(C(=O)N3CCC(C)CC3)nn2C)c1. The lowest BCUT2D eigenvalue weighted by atomic mass is 9.99. The van der Waals surface area contributed by atoms with Gasteiger partial charge in [0.05, 0.1) is 5.69 Å². The quantitative estimate of drug-likeness (QED) is 0.852. The van der Waals surface area contributed by atoms with Crippen molar-refractivity contribution in [2.45, 2.75) is 26.7 Å². The van der Waals surface area contributed by atoms with Crippen LogP contribution in [0.3, 0.4) is 0 Å². The van der Waals surface area contributed by atoms with E-state index in [1.807, 2.05) is 11.8 Å². The molecule has 5 heteroatoms. The summed E-state index contributed by atoms with van der Waals surface area (Å²) in [4.78, 5) is 14.5. The van der Waals surface area contributed by atoms with Crippen LogP contribution in [0.15, 0.2) is 24.3 Å². The summed E-state index contributed by atoms with van der Waals surface area (Å²) in [7, 11) is 1.74. The van der Waals surface area contributed by atoms with Crippen molar-refractivity contribution < 1.29 is 9.18 Å². The van der Waals surface area contributed by atoms with Gasteiger partial charge in [0, 0.05) is 25.7 Å². The molecule has 1 saturated heterocycles. The molecule has 0 aliphatic carbocycles. The molecule has 1 aliphatic heterocycles. The highest BCUT2D eigenvalue weighted by molar-refractivity contribution is 5.93. The molecular formula is C18H22FN3O. The largest absolute Gasteiger partial charge is 0.337 e. The van der Waals surface area contributed by atoms with Gasteiger partial charge in [-0.15, -0.1) is 0 Å². The average molecular weight is 315 g/mol. The number of likely N-dealkylation sites (tertiary alicyclic amines) is 1. The number of amides is 1. The number of aromatic nitrogens is 2. The molecular weight excluding hydrogens is 293 g/mol. The predicted molar refractivity (Wildman–Crippen MR) is 87.6 cm³/mol. The van der Waals surface area contributed by atoms with Gasteiger partial charge in [0.25, 0.3) is 5.91 Å². The molecule has 0 bridgehead atoms. The van der Waals surface area contributed by atoms with E-state index in [-0.39, 0.29) is 11.7 Å². The Kier molecular flexibility index (Phi) is 4.20. The number of benzene rings is 1. The van der Waals surface area contributed by atoms with Gasteiger partial charge in [0.1, 0.15) is 5.82 Å². The van der Waals surface area contributed by atoms with Gasteiger partial charge in [-0.25, -0.2) is 4.39 Å². The Morgan fingerprint density at radius 3 is 2.65 bits per heavy atom. The number of carbonyl (C=O) groups is 1. The lowest BCUT2D eigenvalue weighted by molar-refractivity contribution is 0.0690. The molecule has 0 radical (unpaired) electrons. The van der Waals surface area contributed by atoms with Crippen LogP contribution in [0.5, 0.6) is 0 Å². The first-order chi connectivity index (χ1) is 11.0. The zero-order valence-electron chi connectivity index (χ0n) is 13.8. The number of hydrogen-bond donors (Lipinski definition) is 0. The van der Waals surface area contributed by atoms with E-state index in [0.29, 0.717) is 22.9 Å². The van der Waals surface area contributed by atoms with Gasteiger partial charge < -0.3 is 4.90 Å². The molecule has 0 unspecified atom stereocenters. The highest BCUT2D eigenvalue weighted by Crippen LogP contribution is 2.25. The van der Waals surface area contributed by atoms with E-state index in [1.54, 1.807) is 29.9 Å². The smallest absolute Gasteiger partial charge is 0.274 e. The number of piperidine rings is 1. The van der Waals surface area contributed by atoms with Crippen LogP contribution in [0.4, 0.5) is 4.39 Å². The third kappa shape index (κ3) is 3.14. The van der Waals surface area contributed by atoms with Crippen LogP contribution < -0.4 is 0 Å². The molecule has 0 N–H and O–H groups in total. The Hall–Kier alpha value is -2.17. The minimum atomic E-state index is -0.301. The molecule has 122 valence electrons. The van der Waals surface area contributed by atoms with Gasteiger partial charge in [-0.3, -0.25) is 9.48 Å². The fraction of sp³-hybridized carbons (Fsp3) is 0.444. The summed E-state index contributed by atoms with van der Waals surface area (Å²) in [5, 5.41) is 4.31. The summed E-state index contributed by atoms with van der Waals surface area (Å²) in [6.07, 6.45) is 2.05. The van der Waals surface area contributed by atoms with Crippen LogP contribution in [0.25, 0.3) is 11.3 Å². The van der Waals surface area contributed by atoms with E-state index in [2.05, 4.69) is 12.0 Å². The molecule has 2 aromatic rings. The van der Waals surface area contributed by atoms with Crippen LogP contribution in [-0.4, -0.2) is 33.7 Å². The van der Waals surface area contributed by atoms with Crippen molar-refractivity contribution in [3.8, 4) is 11.3 Å². The van der Waals surface area contributed by atoms with Gasteiger partial charge in [0.2, 0.25) is 0 Å². The van der Waals surface area contributed by atoms with Crippen LogP contribution >= 0.6 is 0 Å². The second kappa shape index (κ2) is 6.14. The Balaban J connectivity index is 1.89. The maximum Gasteiger partial charge on any atom is 0.274 e. The molecule has 0 atom stereocenters. The first-order valence-corrected chi connectivity index (χ1v) is 8.05. The predicted octanol–water partition coefficient (Wildman–Crippen LogP) is 3.41. The monoisotopic (exact) mass is 315 g/mol. The molecule has 1 fully saturated rings. The Labute approximate surface area is 135 Å². The van der Waals surface area contributed by atoms with Crippen molar-refractivity contribution in [1.82, 2.24) is 14.7 Å². The third-order valence-corrected chi connectivity index (χ3v) is 4.57. The van der Waals surface area contributed by atoms with E-state index in [9.17, 15) is 9.18 Å². The Bertz CT molecular complexity index is 730. The van der Waals surface area contributed by atoms with Crippen molar-refractivity contribution in [2.75, 3.05) is 13.1 Å². The first kappa shape index (κ1) is 15.7. The lowest BCUT2D eigenvalue weighted by Gasteiger charge is -2.29. The van der Waals surface area contributed by atoms with Crippen molar-refractivity contribution in [2.24, 2.45) is 13.0 Å². The highest BCUT2D eigenvalue weighted by Gasteiger charge is 2.24. The lowest BCUT2D eigenvalue weighted by Crippen LogP contribution is -2.38. The van der Waals surface area contributed by atoms with Crippen molar-refractivity contribution >= 4 is 5.91 Å². The molecule has 23 heavy (non-hydrogen) atoms. The summed E-state index contributed by atoms with van der Waals surface area (Å²) in [6, 6.07) is 6.66. The molecule has 0 saturated carbocycles. The molecule has 0 spiro atoms. The fourth-order valence-corrected chi connectivity index (χ4v) is 3.03. The van der Waals surface area contributed by atoms with E-state index >= 15 is 0 Å². The zero-order valence-corrected chi connectivity index (χ0v) is 13.8. The number of hydrogen-bond acceptors (Lipinski definition) is 2. The summed E-state index contributed by atoms with van der Waals surface area (Å²) in [6.45, 7) is 5.66. The molecule has 1 aromatic heterocycles. The number of rotatable bonds is 2. The number of carbonyl (C=O) groups excluding carboxylic acids is 1. The summed E-state index contributed by atoms with van der Waals surface area (Å²) in [5.41, 5.74) is 2.46. The third-order valence-electron chi connectivity index (χ3n) is 4.57. The highest BCUT2D eigenvalue weighted by atomic mass is 19.1. The molecule has 3 rings (SSSR count). The van der Waals surface area contributed by atoms with E-state index in [1.165, 1.54) is 6.07 Å². The van der Waals surface area contributed by atoms with Gasteiger partial charge in [0.15, 0.2) is 5.69 Å². The van der Waals surface area contributed by atoms with Gasteiger partial charge >= 0.3 is 0 Å². The maximum atomic E-state index is 14.1. The van der Waals surface area contributed by atoms with Crippen LogP contribution in [0.2, 0.25) is 0 Å². The standard InChI is InChI=1S/C18H22FN3O/c1-12-6-8-22(9-7-12)18(23)16-11-17(21(3)20-16)14-10-13(2)4-5-15(14)19/h4-5,10-12H,6-9H2,1-3H3. The van der Waals surface area contributed by atoms with E-state index < -0.39 is 0 Å². The first-order valence-electron chi connectivity index (χ1n) is 8.05. The second-order valence-electron chi connectivity index (χ2n) is 6.50. The summed E-state index contributed by atoms with van der Waals surface area (Å²) < 4.78 is 15.7. The average Bonchev–Trinajstić information content (AvgIpc) is 2.91. The van der Waals surface area contributed by atoms with Crippen molar-refractivity contribution in [1.29, 1.82) is 0 Å². The Morgan fingerprint density at radius 2 is 1.96 bits per heavy atom. The van der Waals surface area contributed by atoms with Crippen LogP contribution in [-0.2, 0) is 7.05 Å². The van der Waals surface area contributed by atoms with Gasteiger partial charge in [-0.05, 0) is 43.9 Å². The number of nitrogens with zero attached hydrogens (tertiary/aromatic N) is 3. The second-order valence-corrected chi connectivity index (χ2v) is 6.50. The topological polar surface area (TPSA) is 38.1 Å². The normalized spacial score (nSPS) is 15.9. The zero-order chi connectivity index (χ0) is 16.6. The molecule has 1 aromatic carbocycles. The molecule has 1 amide bonds. The van der Waals surface area contributed by atoms with E-state index in [0.717, 1.165) is 31.5 Å². The number of halogens is 1. The van der Waals surface area contributed by atoms with E-state index in [4.69, 9.17) is 0 Å². The molecule has 2 heterocycles. The Morgan fingerprint density at radius 1 is 1.26 bits per heavy atom. The van der Waals surface area contributed by atoms with Crippen molar-refractivity contribution in [3.05, 3.63) is 41.3 Å². The minimum absolute atomic E-state index is 0.0631. The molecule has 1 aliphatic rings. The van der Waals surface area contributed by atoms with Crippen LogP contribution in [0.1, 0.15) is 35.8 Å². The number of aryl methyl sites for hydroxylation is 2. The summed E-state index contributed by atoms with van der Waals surface area (Å²) >= 11 is 0. The van der Waals surface area contributed by atoms with Gasteiger partial charge in [-0.1, -0.05) is 18.6 Å². The van der Waals surface area contributed by atoms with Crippen LogP contribution in [0, 0.1) is 18.7 Å². The molecule has 4 nitrogen and oxygen atoms in total. The minimum Gasteiger partial charge on any atom is -0.337 e. The summed E-state index contributed by atoms with van der Waals surface area (Å²) in [5.74, 6) is 0.302. The maximum absolute atomic E-state index is 14.1.